The molecule has 0 atom stereocenters. The first kappa shape index (κ1) is 21.6. The molecule has 0 unspecified atom stereocenters. The number of piperazine rings is 1. The molecule has 3 aromatic rings. The van der Waals surface area contributed by atoms with Crippen molar-refractivity contribution in [2.45, 2.75) is 26.3 Å². The highest BCUT2D eigenvalue weighted by Crippen LogP contribution is 2.14. The molecule has 8 heteroatoms. The molecule has 3 heterocycles. The summed E-state index contributed by atoms with van der Waals surface area (Å²) in [5.41, 5.74) is 2.16. The first-order valence-electron chi connectivity index (χ1n) is 11.0. The van der Waals surface area contributed by atoms with Gasteiger partial charge in [0.25, 0.3) is 0 Å². The highest BCUT2D eigenvalue weighted by atomic mass is 35.5. The summed E-state index contributed by atoms with van der Waals surface area (Å²) >= 11 is 6.12. The molecule has 1 aromatic carbocycles. The zero-order chi connectivity index (χ0) is 21.5. The first-order valence-corrected chi connectivity index (χ1v) is 11.4. The fraction of sp³-hybridized carbons (Fsp3) is 0.435. The number of nitrogens with one attached hydrogen (secondary N) is 1. The van der Waals surface area contributed by atoms with Crippen molar-refractivity contribution in [3.63, 3.8) is 0 Å². The molecule has 1 N–H and O–H groups in total. The van der Waals surface area contributed by atoms with Crippen LogP contribution in [0.25, 0.3) is 5.65 Å². The number of halogens is 1. The van der Waals surface area contributed by atoms with E-state index in [1.54, 1.807) is 0 Å². The van der Waals surface area contributed by atoms with Crippen LogP contribution in [0.2, 0.25) is 5.02 Å². The molecule has 2 aromatic heterocycles. The number of nitrogens with zero attached hydrogens (tertiary/aromatic N) is 6. The third-order valence-electron chi connectivity index (χ3n) is 5.51. The van der Waals surface area contributed by atoms with Crippen molar-refractivity contribution < 1.29 is 0 Å². The van der Waals surface area contributed by atoms with Gasteiger partial charge in [-0.3, -0.25) is 14.3 Å². The summed E-state index contributed by atoms with van der Waals surface area (Å²) < 4.78 is 2.05. The van der Waals surface area contributed by atoms with Crippen molar-refractivity contribution in [3.8, 4) is 0 Å². The number of aryl methyl sites for hydroxylation is 1. The lowest BCUT2D eigenvalue weighted by Crippen LogP contribution is -2.52. The molecule has 1 saturated heterocycles. The summed E-state index contributed by atoms with van der Waals surface area (Å²) in [6, 6.07) is 14.1. The van der Waals surface area contributed by atoms with Crippen LogP contribution >= 0.6 is 11.6 Å². The van der Waals surface area contributed by atoms with E-state index in [0.717, 1.165) is 81.1 Å². The second-order valence-electron chi connectivity index (χ2n) is 7.78. The third-order valence-corrected chi connectivity index (χ3v) is 5.74. The molecule has 0 bridgehead atoms. The van der Waals surface area contributed by atoms with Crippen molar-refractivity contribution in [3.05, 3.63) is 65.1 Å². The molecule has 1 aliphatic rings. The lowest BCUT2D eigenvalue weighted by Gasteiger charge is -2.36. The van der Waals surface area contributed by atoms with Crippen molar-refractivity contribution >= 4 is 23.2 Å². The van der Waals surface area contributed by atoms with Gasteiger partial charge in [-0.2, -0.15) is 0 Å². The highest BCUT2D eigenvalue weighted by molar-refractivity contribution is 6.30. The van der Waals surface area contributed by atoms with Crippen LogP contribution in [0.4, 0.5) is 0 Å². The predicted molar refractivity (Wildman–Crippen MR) is 126 cm³/mol. The molecule has 0 amide bonds. The molecule has 164 valence electrons. The van der Waals surface area contributed by atoms with E-state index in [1.165, 1.54) is 5.56 Å². The van der Waals surface area contributed by atoms with E-state index in [4.69, 9.17) is 16.6 Å². The summed E-state index contributed by atoms with van der Waals surface area (Å²) in [6.45, 7) is 8.68. The molecule has 0 saturated carbocycles. The molecule has 1 aliphatic heterocycles. The Hall–Kier alpha value is -2.64. The normalized spacial score (nSPS) is 15.5. The van der Waals surface area contributed by atoms with Gasteiger partial charge in [0.2, 0.25) is 0 Å². The zero-order valence-corrected chi connectivity index (χ0v) is 18.8. The van der Waals surface area contributed by atoms with Gasteiger partial charge in [0.05, 0.1) is 0 Å². The number of hydrogen-bond donors (Lipinski definition) is 1. The number of hydrogen-bond acceptors (Lipinski definition) is 4. The van der Waals surface area contributed by atoms with Crippen molar-refractivity contribution in [1.29, 1.82) is 0 Å². The average Bonchev–Trinajstić information content (AvgIpc) is 3.20. The summed E-state index contributed by atoms with van der Waals surface area (Å²) in [6.07, 6.45) is 3.82. The quantitative estimate of drug-likeness (QED) is 0.348. The number of aliphatic imine (C=N–C) groups is 1. The number of benzene rings is 1. The molecule has 7 nitrogen and oxygen atoms in total. The van der Waals surface area contributed by atoms with E-state index in [-0.39, 0.29) is 0 Å². The maximum absolute atomic E-state index is 6.12. The molecule has 4 rings (SSSR count). The number of pyridine rings is 1. The van der Waals surface area contributed by atoms with Gasteiger partial charge in [0, 0.05) is 63.5 Å². The average molecular weight is 440 g/mol. The lowest BCUT2D eigenvalue weighted by atomic mass is 10.2. The SMILES string of the molecule is CCNC(=NCCCc1nnc2ccccn12)N1CCN(Cc2cccc(Cl)c2)CC1. The van der Waals surface area contributed by atoms with Crippen LogP contribution in [-0.2, 0) is 13.0 Å². The second kappa shape index (κ2) is 10.6. The Morgan fingerprint density at radius 1 is 1.10 bits per heavy atom. The molecule has 1 fully saturated rings. The minimum Gasteiger partial charge on any atom is -0.357 e. The molecular formula is C23H30ClN7. The van der Waals surface area contributed by atoms with Crippen LogP contribution in [0.3, 0.4) is 0 Å². The van der Waals surface area contributed by atoms with Crippen molar-refractivity contribution in [2.24, 2.45) is 4.99 Å². The van der Waals surface area contributed by atoms with Gasteiger partial charge in [-0.15, -0.1) is 10.2 Å². The fourth-order valence-corrected chi connectivity index (χ4v) is 4.13. The van der Waals surface area contributed by atoms with Crippen LogP contribution < -0.4 is 5.32 Å². The van der Waals surface area contributed by atoms with E-state index < -0.39 is 0 Å². The summed E-state index contributed by atoms with van der Waals surface area (Å²) in [4.78, 5) is 9.72. The fourth-order valence-electron chi connectivity index (χ4n) is 3.92. The van der Waals surface area contributed by atoms with Gasteiger partial charge in [-0.25, -0.2) is 0 Å². The summed E-state index contributed by atoms with van der Waals surface area (Å²) in [5, 5.41) is 12.8. The molecule has 0 spiro atoms. The monoisotopic (exact) mass is 439 g/mol. The van der Waals surface area contributed by atoms with Gasteiger partial charge >= 0.3 is 0 Å². The van der Waals surface area contributed by atoms with E-state index in [1.807, 2.05) is 40.9 Å². The van der Waals surface area contributed by atoms with Gasteiger partial charge in [0.1, 0.15) is 5.82 Å². The Bertz CT molecular complexity index is 1010. The Morgan fingerprint density at radius 3 is 2.77 bits per heavy atom. The van der Waals surface area contributed by atoms with E-state index in [2.05, 4.69) is 44.4 Å². The van der Waals surface area contributed by atoms with Crippen molar-refractivity contribution in [2.75, 3.05) is 39.3 Å². The summed E-state index contributed by atoms with van der Waals surface area (Å²) in [7, 11) is 0. The van der Waals surface area contributed by atoms with Crippen LogP contribution in [0.5, 0.6) is 0 Å². The van der Waals surface area contributed by atoms with Crippen LogP contribution in [0.15, 0.2) is 53.7 Å². The van der Waals surface area contributed by atoms with Crippen LogP contribution in [0, 0.1) is 0 Å². The highest BCUT2D eigenvalue weighted by Gasteiger charge is 2.19. The first-order chi connectivity index (χ1) is 15.2. The van der Waals surface area contributed by atoms with Crippen LogP contribution in [-0.4, -0.2) is 69.6 Å². The Morgan fingerprint density at radius 2 is 1.97 bits per heavy atom. The number of guanidine groups is 1. The van der Waals surface area contributed by atoms with Gasteiger partial charge < -0.3 is 10.2 Å². The van der Waals surface area contributed by atoms with E-state index in [9.17, 15) is 0 Å². The zero-order valence-electron chi connectivity index (χ0n) is 18.0. The largest absolute Gasteiger partial charge is 0.357 e. The van der Waals surface area contributed by atoms with Gasteiger partial charge in [-0.1, -0.05) is 29.8 Å². The van der Waals surface area contributed by atoms with Gasteiger partial charge in [0.15, 0.2) is 11.6 Å². The smallest absolute Gasteiger partial charge is 0.194 e. The Labute approximate surface area is 188 Å². The molecule has 0 aliphatic carbocycles. The van der Waals surface area contributed by atoms with E-state index in [0.29, 0.717) is 0 Å². The third kappa shape index (κ3) is 5.74. The lowest BCUT2D eigenvalue weighted by molar-refractivity contribution is 0.172. The topological polar surface area (TPSA) is 61.1 Å². The minimum atomic E-state index is 0.771. The maximum Gasteiger partial charge on any atom is 0.194 e. The number of rotatable bonds is 7. The molecule has 31 heavy (non-hydrogen) atoms. The standard InChI is InChI=1S/C23H30ClN7/c1-2-25-23(26-11-6-10-22-28-27-21-9-3-4-12-31(21)22)30-15-13-29(14-16-30)18-19-7-5-8-20(24)17-19/h3-5,7-9,12,17H,2,6,10-11,13-16,18H2,1H3,(H,25,26). The van der Waals surface area contributed by atoms with Gasteiger partial charge in [-0.05, 0) is 43.2 Å². The summed E-state index contributed by atoms with van der Waals surface area (Å²) in [5.74, 6) is 2.00. The van der Waals surface area contributed by atoms with Crippen molar-refractivity contribution in [1.82, 2.24) is 29.7 Å². The predicted octanol–water partition coefficient (Wildman–Crippen LogP) is 3.10. The number of aromatic nitrogens is 3. The maximum atomic E-state index is 6.12. The molecule has 0 radical (unpaired) electrons. The Balaban J connectivity index is 1.27. The Kier molecular flexibility index (Phi) is 7.38. The second-order valence-corrected chi connectivity index (χ2v) is 8.21. The minimum absolute atomic E-state index is 0.771. The molecular weight excluding hydrogens is 410 g/mol. The number of fused-ring (bicyclic) bond motifs is 1. The van der Waals surface area contributed by atoms with Crippen LogP contribution in [0.1, 0.15) is 24.7 Å². The van der Waals surface area contributed by atoms with E-state index >= 15 is 0 Å².